The fourth-order valence-electron chi connectivity index (χ4n) is 2.58. The van der Waals surface area contributed by atoms with E-state index < -0.39 is 0 Å². The molecule has 1 aliphatic carbocycles. The predicted molar refractivity (Wildman–Crippen MR) is 82.6 cm³/mol. The first kappa shape index (κ1) is 14.3. The van der Waals surface area contributed by atoms with Crippen molar-refractivity contribution in [2.45, 2.75) is 43.9 Å². The molecule has 2 rings (SSSR count). The Bertz CT molecular complexity index is 453. The summed E-state index contributed by atoms with van der Waals surface area (Å²) in [5.74, 6) is -0.0335. The fourth-order valence-corrected chi connectivity index (χ4v) is 3.33. The number of anilines is 1. The van der Waals surface area contributed by atoms with E-state index in [0.29, 0.717) is 17.3 Å². The molecule has 1 aromatic carbocycles. The Labute approximate surface area is 119 Å². The SMILES string of the molecule is CSC1CCC(NC(=O)c2cccc(C)c2N)CC1. The number of aryl methyl sites for hydroxylation is 1. The molecule has 0 unspecified atom stereocenters. The number of hydrogen-bond donors (Lipinski definition) is 2. The zero-order chi connectivity index (χ0) is 13.8. The average Bonchev–Trinajstić information content (AvgIpc) is 2.42. The van der Waals surface area contributed by atoms with Crippen molar-refractivity contribution in [3.8, 4) is 0 Å². The molecule has 0 heterocycles. The molecule has 0 spiro atoms. The molecule has 1 amide bonds. The summed E-state index contributed by atoms with van der Waals surface area (Å²) in [4.78, 5) is 12.2. The molecule has 1 fully saturated rings. The Balaban J connectivity index is 1.96. The highest BCUT2D eigenvalue weighted by Crippen LogP contribution is 2.27. The zero-order valence-electron chi connectivity index (χ0n) is 11.6. The Morgan fingerprint density at radius 3 is 2.63 bits per heavy atom. The van der Waals surface area contributed by atoms with Gasteiger partial charge in [-0.1, -0.05) is 12.1 Å². The Hall–Kier alpha value is -1.16. The van der Waals surface area contributed by atoms with Crippen molar-refractivity contribution in [3.05, 3.63) is 29.3 Å². The van der Waals surface area contributed by atoms with E-state index in [4.69, 9.17) is 5.73 Å². The lowest BCUT2D eigenvalue weighted by Gasteiger charge is -2.28. The van der Waals surface area contributed by atoms with Gasteiger partial charge in [0.15, 0.2) is 0 Å². The van der Waals surface area contributed by atoms with Gasteiger partial charge in [-0.25, -0.2) is 0 Å². The molecule has 1 aliphatic rings. The molecule has 4 heteroatoms. The maximum absolute atomic E-state index is 12.2. The summed E-state index contributed by atoms with van der Waals surface area (Å²) in [6, 6.07) is 5.91. The highest BCUT2D eigenvalue weighted by molar-refractivity contribution is 7.99. The van der Waals surface area contributed by atoms with Gasteiger partial charge in [-0.2, -0.15) is 11.8 Å². The van der Waals surface area contributed by atoms with Gasteiger partial charge in [0.1, 0.15) is 0 Å². The second-order valence-corrected chi connectivity index (χ2v) is 6.36. The topological polar surface area (TPSA) is 55.1 Å². The van der Waals surface area contributed by atoms with E-state index >= 15 is 0 Å². The molecule has 3 nitrogen and oxygen atoms in total. The van der Waals surface area contributed by atoms with E-state index in [-0.39, 0.29) is 5.91 Å². The molecule has 0 radical (unpaired) electrons. The summed E-state index contributed by atoms with van der Waals surface area (Å²) in [6.07, 6.45) is 6.69. The highest BCUT2D eigenvalue weighted by Gasteiger charge is 2.22. The minimum absolute atomic E-state index is 0.0335. The van der Waals surface area contributed by atoms with E-state index in [2.05, 4.69) is 11.6 Å². The van der Waals surface area contributed by atoms with Gasteiger partial charge in [-0.15, -0.1) is 0 Å². The van der Waals surface area contributed by atoms with Crippen molar-refractivity contribution in [1.29, 1.82) is 0 Å². The summed E-state index contributed by atoms with van der Waals surface area (Å²) in [7, 11) is 0. The van der Waals surface area contributed by atoms with Crippen molar-refractivity contribution < 1.29 is 4.79 Å². The van der Waals surface area contributed by atoms with E-state index in [1.54, 1.807) is 6.07 Å². The Morgan fingerprint density at radius 1 is 1.32 bits per heavy atom. The molecule has 104 valence electrons. The van der Waals surface area contributed by atoms with Crippen molar-refractivity contribution in [2.75, 3.05) is 12.0 Å². The molecule has 1 saturated carbocycles. The lowest BCUT2D eigenvalue weighted by molar-refractivity contribution is 0.0929. The summed E-state index contributed by atoms with van der Waals surface area (Å²) in [5.41, 5.74) is 8.12. The number of nitrogen functional groups attached to an aromatic ring is 1. The van der Waals surface area contributed by atoms with Gasteiger partial charge in [-0.05, 0) is 50.5 Å². The molecule has 0 aliphatic heterocycles. The lowest BCUT2D eigenvalue weighted by Crippen LogP contribution is -2.38. The van der Waals surface area contributed by atoms with Crippen LogP contribution in [-0.2, 0) is 0 Å². The third-order valence-electron chi connectivity index (χ3n) is 3.91. The zero-order valence-corrected chi connectivity index (χ0v) is 12.4. The number of nitrogens with two attached hydrogens (primary N) is 1. The molecule has 0 saturated heterocycles. The van der Waals surface area contributed by atoms with Crippen LogP contribution in [0, 0.1) is 6.92 Å². The van der Waals surface area contributed by atoms with E-state index in [1.807, 2.05) is 30.8 Å². The number of para-hydroxylation sites is 1. The number of nitrogens with one attached hydrogen (secondary N) is 1. The maximum atomic E-state index is 12.2. The number of amides is 1. The van der Waals surface area contributed by atoms with Crippen LogP contribution in [0.5, 0.6) is 0 Å². The summed E-state index contributed by atoms with van der Waals surface area (Å²) >= 11 is 1.93. The van der Waals surface area contributed by atoms with Gasteiger partial charge in [-0.3, -0.25) is 4.79 Å². The normalized spacial score (nSPS) is 23.1. The molecule has 1 aromatic rings. The van der Waals surface area contributed by atoms with Crippen molar-refractivity contribution >= 4 is 23.4 Å². The van der Waals surface area contributed by atoms with Crippen LogP contribution in [-0.4, -0.2) is 23.5 Å². The smallest absolute Gasteiger partial charge is 0.253 e. The Morgan fingerprint density at radius 2 is 2.00 bits per heavy atom. The molecule has 0 aromatic heterocycles. The van der Waals surface area contributed by atoms with Crippen LogP contribution in [0.1, 0.15) is 41.6 Å². The second kappa shape index (κ2) is 6.33. The minimum Gasteiger partial charge on any atom is -0.398 e. The number of benzene rings is 1. The average molecular weight is 278 g/mol. The number of thioether (sulfide) groups is 1. The third kappa shape index (κ3) is 3.44. The third-order valence-corrected chi connectivity index (χ3v) is 5.05. The quantitative estimate of drug-likeness (QED) is 0.836. The van der Waals surface area contributed by atoms with Crippen LogP contribution < -0.4 is 11.1 Å². The van der Waals surface area contributed by atoms with Crippen LogP contribution in [0.4, 0.5) is 5.69 Å². The van der Waals surface area contributed by atoms with Crippen molar-refractivity contribution in [1.82, 2.24) is 5.32 Å². The first-order valence-corrected chi connectivity index (χ1v) is 8.09. The summed E-state index contributed by atoms with van der Waals surface area (Å²) in [5, 5.41) is 3.88. The number of rotatable bonds is 3. The minimum atomic E-state index is -0.0335. The number of hydrogen-bond acceptors (Lipinski definition) is 3. The van der Waals surface area contributed by atoms with E-state index in [0.717, 1.165) is 23.7 Å². The second-order valence-electron chi connectivity index (χ2n) is 5.22. The van der Waals surface area contributed by atoms with Gasteiger partial charge in [0.05, 0.1) is 5.56 Å². The molecule has 19 heavy (non-hydrogen) atoms. The Kier molecular flexibility index (Phi) is 4.75. The number of carbonyl (C=O) groups is 1. The predicted octanol–water partition coefficient (Wildman–Crippen LogP) is 2.98. The standard InChI is InChI=1S/C15H22N2OS/c1-10-4-3-5-13(14(10)16)15(18)17-11-6-8-12(19-2)9-7-11/h3-5,11-12H,6-9,16H2,1-2H3,(H,17,18). The van der Waals surface area contributed by atoms with Crippen molar-refractivity contribution in [3.63, 3.8) is 0 Å². The molecular weight excluding hydrogens is 256 g/mol. The van der Waals surface area contributed by atoms with Crippen LogP contribution in [0.25, 0.3) is 0 Å². The van der Waals surface area contributed by atoms with Crippen molar-refractivity contribution in [2.24, 2.45) is 0 Å². The van der Waals surface area contributed by atoms with Crippen LogP contribution >= 0.6 is 11.8 Å². The highest BCUT2D eigenvalue weighted by atomic mass is 32.2. The van der Waals surface area contributed by atoms with Gasteiger partial charge >= 0.3 is 0 Å². The van der Waals surface area contributed by atoms with Gasteiger partial charge in [0.25, 0.3) is 5.91 Å². The first-order chi connectivity index (χ1) is 9.11. The van der Waals surface area contributed by atoms with Crippen LogP contribution in [0.2, 0.25) is 0 Å². The van der Waals surface area contributed by atoms with Gasteiger partial charge in [0, 0.05) is 17.0 Å². The first-order valence-electron chi connectivity index (χ1n) is 6.80. The van der Waals surface area contributed by atoms with Gasteiger partial charge in [0.2, 0.25) is 0 Å². The molecule has 3 N–H and O–H groups in total. The van der Waals surface area contributed by atoms with E-state index in [1.165, 1.54) is 12.8 Å². The van der Waals surface area contributed by atoms with Gasteiger partial charge < -0.3 is 11.1 Å². The summed E-state index contributed by atoms with van der Waals surface area (Å²) in [6.45, 7) is 1.93. The summed E-state index contributed by atoms with van der Waals surface area (Å²) < 4.78 is 0. The van der Waals surface area contributed by atoms with Crippen LogP contribution in [0.15, 0.2) is 18.2 Å². The lowest BCUT2D eigenvalue weighted by atomic mass is 9.94. The number of carbonyl (C=O) groups excluding carboxylic acids is 1. The fraction of sp³-hybridized carbons (Fsp3) is 0.533. The van der Waals surface area contributed by atoms with E-state index in [9.17, 15) is 4.79 Å². The monoisotopic (exact) mass is 278 g/mol. The molecule has 0 bridgehead atoms. The van der Waals surface area contributed by atoms with Crippen LogP contribution in [0.3, 0.4) is 0 Å². The molecular formula is C15H22N2OS. The molecule has 0 atom stereocenters. The largest absolute Gasteiger partial charge is 0.398 e. The maximum Gasteiger partial charge on any atom is 0.253 e.